The smallest absolute Gasteiger partial charge is 0.0790 e. The van der Waals surface area contributed by atoms with E-state index in [4.69, 9.17) is 10.5 Å². The average Bonchev–Trinajstić information content (AvgIpc) is 2.39. The lowest BCUT2D eigenvalue weighted by Crippen LogP contribution is -2.33. The van der Waals surface area contributed by atoms with Gasteiger partial charge in [0.1, 0.15) is 0 Å². The summed E-state index contributed by atoms with van der Waals surface area (Å²) >= 11 is 0. The Labute approximate surface area is 112 Å². The van der Waals surface area contributed by atoms with E-state index >= 15 is 0 Å². The molecule has 0 saturated carbocycles. The summed E-state index contributed by atoms with van der Waals surface area (Å²) < 4.78 is 6.00. The highest BCUT2D eigenvalue weighted by Gasteiger charge is 2.23. The molecule has 0 aromatic heterocycles. The fourth-order valence-electron chi connectivity index (χ4n) is 2.15. The van der Waals surface area contributed by atoms with E-state index in [1.807, 2.05) is 18.2 Å². The Kier molecular flexibility index (Phi) is 6.99. The van der Waals surface area contributed by atoms with Gasteiger partial charge in [-0.2, -0.15) is 0 Å². The lowest BCUT2D eigenvalue weighted by Gasteiger charge is -2.28. The van der Waals surface area contributed by atoms with Gasteiger partial charge < -0.3 is 10.5 Å². The molecule has 0 aliphatic heterocycles. The molecule has 2 N–H and O–H groups in total. The van der Waals surface area contributed by atoms with Crippen LogP contribution in [0.15, 0.2) is 30.3 Å². The number of benzene rings is 1. The van der Waals surface area contributed by atoms with Gasteiger partial charge in [0.05, 0.1) is 12.1 Å². The number of nitrogens with two attached hydrogens (primary N) is 1. The van der Waals surface area contributed by atoms with Crippen molar-refractivity contribution in [3.05, 3.63) is 35.9 Å². The first-order valence-corrected chi connectivity index (χ1v) is 7.09. The first-order chi connectivity index (χ1) is 8.66. The van der Waals surface area contributed by atoms with E-state index < -0.39 is 0 Å². The molecule has 0 radical (unpaired) electrons. The number of rotatable bonds is 8. The molecular formula is C16H27NO. The molecule has 0 aliphatic carbocycles. The Morgan fingerprint density at radius 1 is 1.11 bits per heavy atom. The third kappa shape index (κ3) is 4.79. The Morgan fingerprint density at radius 2 is 1.78 bits per heavy atom. The van der Waals surface area contributed by atoms with Gasteiger partial charge in [-0.1, -0.05) is 63.9 Å². The van der Waals surface area contributed by atoms with Gasteiger partial charge in [-0.3, -0.25) is 0 Å². The molecule has 0 saturated heterocycles. The molecule has 0 fully saturated rings. The van der Waals surface area contributed by atoms with Gasteiger partial charge in [0.15, 0.2) is 0 Å². The van der Waals surface area contributed by atoms with Crippen molar-refractivity contribution < 1.29 is 4.74 Å². The lowest BCUT2D eigenvalue weighted by atomic mass is 9.94. The first kappa shape index (κ1) is 15.2. The van der Waals surface area contributed by atoms with Gasteiger partial charge in [-0.15, -0.1) is 0 Å². The first-order valence-electron chi connectivity index (χ1n) is 7.09. The van der Waals surface area contributed by atoms with E-state index in [-0.39, 0.29) is 12.1 Å². The maximum atomic E-state index is 6.33. The van der Waals surface area contributed by atoms with Crippen LogP contribution in [0.25, 0.3) is 0 Å². The molecule has 2 atom stereocenters. The standard InChI is InChI=1S/C16H27NO/c1-4-5-9-12-18-16(13(2)3)15(17)14-10-7-6-8-11-14/h6-8,10-11,13,15-16H,4-5,9,12,17H2,1-3H3. The maximum Gasteiger partial charge on any atom is 0.0790 e. The summed E-state index contributed by atoms with van der Waals surface area (Å²) in [5.74, 6) is 0.432. The zero-order valence-electron chi connectivity index (χ0n) is 11.9. The molecule has 0 aliphatic rings. The van der Waals surface area contributed by atoms with Crippen molar-refractivity contribution in [2.24, 2.45) is 11.7 Å². The van der Waals surface area contributed by atoms with E-state index in [1.165, 1.54) is 12.8 Å². The van der Waals surface area contributed by atoms with E-state index in [0.717, 1.165) is 18.6 Å². The molecule has 1 aromatic carbocycles. The van der Waals surface area contributed by atoms with Gasteiger partial charge in [-0.25, -0.2) is 0 Å². The third-order valence-corrected chi connectivity index (χ3v) is 3.25. The van der Waals surface area contributed by atoms with Crippen LogP contribution in [0.1, 0.15) is 51.6 Å². The molecule has 102 valence electrons. The van der Waals surface area contributed by atoms with Crippen LogP contribution in [-0.2, 0) is 4.74 Å². The summed E-state index contributed by atoms with van der Waals surface area (Å²) in [5.41, 5.74) is 7.49. The van der Waals surface area contributed by atoms with Gasteiger partial charge in [0, 0.05) is 6.61 Å². The van der Waals surface area contributed by atoms with Crippen molar-refractivity contribution in [3.63, 3.8) is 0 Å². The van der Waals surface area contributed by atoms with Crippen LogP contribution in [0.5, 0.6) is 0 Å². The predicted octanol–water partition coefficient (Wildman–Crippen LogP) is 3.92. The van der Waals surface area contributed by atoms with Crippen LogP contribution in [-0.4, -0.2) is 12.7 Å². The third-order valence-electron chi connectivity index (χ3n) is 3.25. The number of ether oxygens (including phenoxy) is 1. The largest absolute Gasteiger partial charge is 0.376 e. The second kappa shape index (κ2) is 8.28. The molecule has 0 amide bonds. The fraction of sp³-hybridized carbons (Fsp3) is 0.625. The van der Waals surface area contributed by atoms with Crippen molar-refractivity contribution in [1.29, 1.82) is 0 Å². The molecule has 0 bridgehead atoms. The van der Waals surface area contributed by atoms with Crippen LogP contribution in [0.3, 0.4) is 0 Å². The van der Waals surface area contributed by atoms with E-state index in [9.17, 15) is 0 Å². The molecular weight excluding hydrogens is 222 g/mol. The molecule has 2 heteroatoms. The summed E-state index contributed by atoms with van der Waals surface area (Å²) in [4.78, 5) is 0. The second-order valence-electron chi connectivity index (χ2n) is 5.22. The molecule has 1 aromatic rings. The summed E-state index contributed by atoms with van der Waals surface area (Å²) in [6.07, 6.45) is 3.68. The second-order valence-corrected chi connectivity index (χ2v) is 5.22. The summed E-state index contributed by atoms with van der Waals surface area (Å²) in [7, 11) is 0. The zero-order chi connectivity index (χ0) is 13.4. The highest BCUT2D eigenvalue weighted by atomic mass is 16.5. The summed E-state index contributed by atoms with van der Waals surface area (Å²) in [6, 6.07) is 10.2. The predicted molar refractivity (Wildman–Crippen MR) is 77.5 cm³/mol. The summed E-state index contributed by atoms with van der Waals surface area (Å²) in [6.45, 7) is 7.37. The number of unbranched alkanes of at least 4 members (excludes halogenated alkanes) is 2. The SMILES string of the molecule is CCCCCOC(C(C)C)C(N)c1ccccc1. The molecule has 0 spiro atoms. The highest BCUT2D eigenvalue weighted by Crippen LogP contribution is 2.22. The quantitative estimate of drug-likeness (QED) is 0.709. The summed E-state index contributed by atoms with van der Waals surface area (Å²) in [5, 5.41) is 0. The average molecular weight is 249 g/mol. The van der Waals surface area contributed by atoms with Crippen LogP contribution in [0.4, 0.5) is 0 Å². The van der Waals surface area contributed by atoms with Crippen molar-refractivity contribution >= 4 is 0 Å². The topological polar surface area (TPSA) is 35.2 Å². The maximum absolute atomic E-state index is 6.33. The van der Waals surface area contributed by atoms with E-state index in [2.05, 4.69) is 32.9 Å². The van der Waals surface area contributed by atoms with Crippen molar-refractivity contribution in [1.82, 2.24) is 0 Å². The van der Waals surface area contributed by atoms with E-state index in [1.54, 1.807) is 0 Å². The van der Waals surface area contributed by atoms with Crippen molar-refractivity contribution in [3.8, 4) is 0 Å². The van der Waals surface area contributed by atoms with Crippen LogP contribution in [0, 0.1) is 5.92 Å². The van der Waals surface area contributed by atoms with Crippen LogP contribution in [0.2, 0.25) is 0 Å². The Bertz CT molecular complexity index is 310. The lowest BCUT2D eigenvalue weighted by molar-refractivity contribution is 0.00285. The van der Waals surface area contributed by atoms with Crippen LogP contribution >= 0.6 is 0 Å². The fourth-order valence-corrected chi connectivity index (χ4v) is 2.15. The van der Waals surface area contributed by atoms with Gasteiger partial charge in [0.2, 0.25) is 0 Å². The minimum atomic E-state index is -0.0344. The van der Waals surface area contributed by atoms with E-state index in [0.29, 0.717) is 5.92 Å². The molecule has 0 heterocycles. The van der Waals surface area contributed by atoms with Gasteiger partial charge in [-0.05, 0) is 17.9 Å². The minimum absolute atomic E-state index is 0.0344. The number of hydrogen-bond donors (Lipinski definition) is 1. The highest BCUT2D eigenvalue weighted by molar-refractivity contribution is 5.19. The normalized spacial score (nSPS) is 14.7. The Morgan fingerprint density at radius 3 is 2.33 bits per heavy atom. The van der Waals surface area contributed by atoms with Gasteiger partial charge >= 0.3 is 0 Å². The van der Waals surface area contributed by atoms with Crippen LogP contribution < -0.4 is 5.73 Å². The molecule has 1 rings (SSSR count). The Hall–Kier alpha value is -0.860. The number of hydrogen-bond acceptors (Lipinski definition) is 2. The monoisotopic (exact) mass is 249 g/mol. The molecule has 18 heavy (non-hydrogen) atoms. The molecule has 2 unspecified atom stereocenters. The Balaban J connectivity index is 2.56. The van der Waals surface area contributed by atoms with Crippen molar-refractivity contribution in [2.45, 2.75) is 52.2 Å². The zero-order valence-corrected chi connectivity index (χ0v) is 11.9. The molecule has 2 nitrogen and oxygen atoms in total. The van der Waals surface area contributed by atoms with Crippen molar-refractivity contribution in [2.75, 3.05) is 6.61 Å². The van der Waals surface area contributed by atoms with Gasteiger partial charge in [0.25, 0.3) is 0 Å². The minimum Gasteiger partial charge on any atom is -0.376 e.